The number of carboxylic acid groups (broad SMARTS) is 1. The molecule has 0 aliphatic heterocycles. The van der Waals surface area contributed by atoms with Crippen molar-refractivity contribution >= 4 is 47.3 Å². The Morgan fingerprint density at radius 3 is 2.03 bits per heavy atom. The van der Waals surface area contributed by atoms with Crippen molar-refractivity contribution in [1.82, 2.24) is 16.0 Å². The summed E-state index contributed by atoms with van der Waals surface area (Å²) in [4.78, 5) is 63.8. The van der Waals surface area contributed by atoms with Crippen LogP contribution in [0.3, 0.4) is 0 Å². The molecule has 0 saturated carbocycles. The Labute approximate surface area is 196 Å². The molecule has 0 spiro atoms. The third-order valence-electron chi connectivity index (χ3n) is 4.32. The summed E-state index contributed by atoms with van der Waals surface area (Å²) in [5, 5.41) is 16.1. The topological polar surface area (TPSA) is 258 Å². The van der Waals surface area contributed by atoms with Gasteiger partial charge in [-0.25, -0.2) is 0 Å². The van der Waals surface area contributed by atoms with Crippen molar-refractivity contribution in [2.45, 2.75) is 56.8 Å². The summed E-state index contributed by atoms with van der Waals surface area (Å²) in [5.41, 5.74) is 21.4. The Morgan fingerprint density at radius 1 is 0.939 bits per heavy atom. The van der Waals surface area contributed by atoms with Gasteiger partial charge < -0.3 is 44.0 Å². The highest BCUT2D eigenvalue weighted by Gasteiger charge is 2.30. The van der Waals surface area contributed by atoms with E-state index in [1.54, 1.807) is 6.26 Å². The number of guanidine groups is 1. The summed E-state index contributed by atoms with van der Waals surface area (Å²) in [6, 6.07) is -4.65. The highest BCUT2D eigenvalue weighted by molar-refractivity contribution is 7.98. The van der Waals surface area contributed by atoms with Crippen LogP contribution < -0.4 is 38.9 Å². The number of primary amides is 1. The standard InChI is InChI=1S/C18H34N8O6S/c1-9(17(31)32)24-15(29)11(5-7-33-2)25-16(30)12(8-13(20)27)26-14(28)10(19)4-3-6-23-18(21)22/h9-12H,3-8,19H2,1-2H3,(H2,20,27)(H,24,29)(H,25,30)(H,26,28)(H,31,32)(H4,21,22,23). The molecule has 14 nitrogen and oxygen atoms in total. The molecule has 0 bridgehead atoms. The minimum absolute atomic E-state index is 0.0935. The van der Waals surface area contributed by atoms with Crippen molar-refractivity contribution in [3.8, 4) is 0 Å². The number of carbonyl (C=O) groups is 5. The van der Waals surface area contributed by atoms with Gasteiger partial charge in [0.15, 0.2) is 5.96 Å². The number of rotatable bonds is 16. The lowest BCUT2D eigenvalue weighted by atomic mass is 10.1. The van der Waals surface area contributed by atoms with Gasteiger partial charge in [-0.3, -0.25) is 29.0 Å². The van der Waals surface area contributed by atoms with Crippen molar-refractivity contribution in [3.05, 3.63) is 0 Å². The summed E-state index contributed by atoms with van der Waals surface area (Å²) in [7, 11) is 0. The molecule has 0 radical (unpaired) electrons. The predicted molar refractivity (Wildman–Crippen MR) is 124 cm³/mol. The maximum absolute atomic E-state index is 12.7. The molecule has 188 valence electrons. The van der Waals surface area contributed by atoms with Crippen LogP contribution in [0.1, 0.15) is 32.6 Å². The minimum atomic E-state index is -1.37. The second-order valence-corrected chi connectivity index (χ2v) is 8.18. The van der Waals surface area contributed by atoms with E-state index in [4.69, 9.17) is 28.0 Å². The highest BCUT2D eigenvalue weighted by atomic mass is 32.2. The van der Waals surface area contributed by atoms with Gasteiger partial charge in [0, 0.05) is 6.54 Å². The highest BCUT2D eigenvalue weighted by Crippen LogP contribution is 2.04. The molecule has 0 aromatic rings. The van der Waals surface area contributed by atoms with E-state index in [9.17, 15) is 24.0 Å². The molecule has 0 saturated heterocycles. The van der Waals surface area contributed by atoms with Crippen LogP contribution in [-0.4, -0.2) is 83.4 Å². The van der Waals surface area contributed by atoms with Gasteiger partial charge in [0.1, 0.15) is 18.1 Å². The van der Waals surface area contributed by atoms with E-state index in [0.29, 0.717) is 12.2 Å². The number of nitrogens with zero attached hydrogens (tertiary/aromatic N) is 1. The fourth-order valence-corrected chi connectivity index (χ4v) is 2.96. The molecule has 0 aromatic heterocycles. The summed E-state index contributed by atoms with van der Waals surface area (Å²) in [5.74, 6) is -3.97. The van der Waals surface area contributed by atoms with E-state index < -0.39 is 60.2 Å². The summed E-state index contributed by atoms with van der Waals surface area (Å²) in [6.07, 6.45) is 2.06. The number of carbonyl (C=O) groups excluding carboxylic acids is 4. The summed E-state index contributed by atoms with van der Waals surface area (Å²) >= 11 is 1.41. The number of thioether (sulfide) groups is 1. The van der Waals surface area contributed by atoms with Gasteiger partial charge in [0.05, 0.1) is 12.5 Å². The Balaban J connectivity index is 5.22. The third kappa shape index (κ3) is 13.2. The van der Waals surface area contributed by atoms with Crippen molar-refractivity contribution in [1.29, 1.82) is 0 Å². The fourth-order valence-electron chi connectivity index (χ4n) is 2.49. The van der Waals surface area contributed by atoms with Gasteiger partial charge in [-0.1, -0.05) is 0 Å². The molecule has 15 heteroatoms. The molecular weight excluding hydrogens is 456 g/mol. The van der Waals surface area contributed by atoms with E-state index in [2.05, 4.69) is 20.9 Å². The molecule has 12 N–H and O–H groups in total. The van der Waals surface area contributed by atoms with E-state index in [0.717, 1.165) is 0 Å². The Kier molecular flexibility index (Phi) is 14.2. The number of hydrogen-bond donors (Lipinski definition) is 8. The van der Waals surface area contributed by atoms with Crippen LogP contribution in [0.5, 0.6) is 0 Å². The first-order valence-corrected chi connectivity index (χ1v) is 11.5. The largest absolute Gasteiger partial charge is 0.480 e. The number of amides is 4. The van der Waals surface area contributed by atoms with Crippen LogP contribution in [0.2, 0.25) is 0 Å². The van der Waals surface area contributed by atoms with Crippen LogP contribution >= 0.6 is 11.8 Å². The van der Waals surface area contributed by atoms with Crippen molar-refractivity contribution in [2.24, 2.45) is 27.9 Å². The van der Waals surface area contributed by atoms with Crippen molar-refractivity contribution in [2.75, 3.05) is 18.6 Å². The van der Waals surface area contributed by atoms with Gasteiger partial charge in [-0.15, -0.1) is 0 Å². The molecule has 4 amide bonds. The maximum atomic E-state index is 12.7. The summed E-state index contributed by atoms with van der Waals surface area (Å²) in [6.45, 7) is 1.54. The van der Waals surface area contributed by atoms with Crippen molar-refractivity contribution in [3.63, 3.8) is 0 Å². The number of nitrogens with one attached hydrogen (secondary N) is 3. The zero-order valence-electron chi connectivity index (χ0n) is 18.7. The molecule has 0 aliphatic rings. The van der Waals surface area contributed by atoms with E-state index in [1.165, 1.54) is 18.7 Å². The smallest absolute Gasteiger partial charge is 0.325 e. The summed E-state index contributed by atoms with van der Waals surface area (Å²) < 4.78 is 0. The molecule has 0 fully saturated rings. The number of hydrogen-bond acceptors (Lipinski definition) is 8. The second-order valence-electron chi connectivity index (χ2n) is 7.20. The molecule has 0 aromatic carbocycles. The van der Waals surface area contributed by atoms with Gasteiger partial charge in [-0.2, -0.15) is 11.8 Å². The Morgan fingerprint density at radius 2 is 1.52 bits per heavy atom. The number of aliphatic carboxylic acids is 1. The third-order valence-corrected chi connectivity index (χ3v) is 4.96. The van der Waals surface area contributed by atoms with Gasteiger partial charge in [-0.05, 0) is 38.2 Å². The maximum Gasteiger partial charge on any atom is 0.325 e. The lowest BCUT2D eigenvalue weighted by Gasteiger charge is -2.24. The zero-order valence-corrected chi connectivity index (χ0v) is 19.5. The molecule has 4 unspecified atom stereocenters. The van der Waals surface area contributed by atoms with Crippen LogP contribution in [0.25, 0.3) is 0 Å². The average Bonchev–Trinajstić information content (AvgIpc) is 2.72. The monoisotopic (exact) mass is 490 g/mol. The van der Waals surface area contributed by atoms with Gasteiger partial charge >= 0.3 is 5.97 Å². The van der Waals surface area contributed by atoms with Crippen LogP contribution in [0.15, 0.2) is 4.99 Å². The van der Waals surface area contributed by atoms with E-state index in [1.807, 2.05) is 0 Å². The first-order chi connectivity index (χ1) is 15.4. The zero-order chi connectivity index (χ0) is 25.6. The molecule has 0 rings (SSSR count). The van der Waals surface area contributed by atoms with E-state index in [-0.39, 0.29) is 25.3 Å². The first-order valence-electron chi connectivity index (χ1n) is 10.1. The van der Waals surface area contributed by atoms with Gasteiger partial charge in [0.2, 0.25) is 23.6 Å². The van der Waals surface area contributed by atoms with E-state index >= 15 is 0 Å². The molecule has 0 heterocycles. The van der Waals surface area contributed by atoms with Crippen molar-refractivity contribution < 1.29 is 29.1 Å². The predicted octanol–water partition coefficient (Wildman–Crippen LogP) is -3.45. The lowest BCUT2D eigenvalue weighted by molar-refractivity contribution is -0.142. The lowest BCUT2D eigenvalue weighted by Crippen LogP contribution is -2.57. The SMILES string of the molecule is CSCCC(NC(=O)C(CC(N)=O)NC(=O)C(N)CCCN=C(N)N)C(=O)NC(C)C(=O)O. The molecule has 0 aliphatic carbocycles. The average molecular weight is 491 g/mol. The van der Waals surface area contributed by atoms with Gasteiger partial charge in [0.25, 0.3) is 0 Å². The number of carboxylic acids is 1. The molecular formula is C18H34N8O6S. The quantitative estimate of drug-likeness (QED) is 0.0602. The van der Waals surface area contributed by atoms with Crippen LogP contribution in [-0.2, 0) is 24.0 Å². The Hall–Kier alpha value is -3.07. The number of aliphatic imine (C=N–C) groups is 1. The molecule has 4 atom stereocenters. The molecule has 33 heavy (non-hydrogen) atoms. The number of nitrogens with two attached hydrogens (primary N) is 4. The second kappa shape index (κ2) is 15.7. The van der Waals surface area contributed by atoms with Crippen LogP contribution in [0, 0.1) is 0 Å². The van der Waals surface area contributed by atoms with Crippen LogP contribution in [0.4, 0.5) is 0 Å². The minimum Gasteiger partial charge on any atom is -0.480 e. The Bertz CT molecular complexity index is 731. The normalized spacial score (nSPS) is 14.2. The fraction of sp³-hybridized carbons (Fsp3) is 0.667. The first kappa shape index (κ1) is 29.9.